The van der Waals surface area contributed by atoms with Crippen LogP contribution in [-0.2, 0) is 4.79 Å². The number of nitrogens with one attached hydrogen (secondary N) is 1. The Morgan fingerprint density at radius 2 is 2.06 bits per heavy atom. The molecule has 0 radical (unpaired) electrons. The summed E-state index contributed by atoms with van der Waals surface area (Å²) >= 11 is 0. The maximum atomic E-state index is 13.1. The van der Waals surface area contributed by atoms with Crippen LogP contribution in [0.2, 0.25) is 0 Å². The summed E-state index contributed by atoms with van der Waals surface area (Å²) in [5.41, 5.74) is 6.52. The summed E-state index contributed by atoms with van der Waals surface area (Å²) < 4.78 is 13.1. The molecule has 0 heterocycles. The zero-order chi connectivity index (χ0) is 13.7. The van der Waals surface area contributed by atoms with Crippen LogP contribution in [0, 0.1) is 11.7 Å². The van der Waals surface area contributed by atoms with Gasteiger partial charge in [0.2, 0.25) is 5.91 Å². The van der Waals surface area contributed by atoms with Crippen molar-refractivity contribution in [3.05, 3.63) is 35.6 Å². The Bertz CT molecular complexity index is 407. The van der Waals surface area contributed by atoms with Crippen LogP contribution in [-0.4, -0.2) is 11.9 Å². The molecule has 0 unspecified atom stereocenters. The minimum absolute atomic E-state index is 0.194. The van der Waals surface area contributed by atoms with Gasteiger partial charge < -0.3 is 11.1 Å². The highest BCUT2D eigenvalue weighted by molar-refractivity contribution is 5.81. The number of halogens is 1. The lowest BCUT2D eigenvalue weighted by Crippen LogP contribution is -2.42. The minimum atomic E-state index is -0.513. The predicted octanol–water partition coefficient (Wildman–Crippen LogP) is 2.38. The number of hydrogen-bond donors (Lipinski definition) is 2. The van der Waals surface area contributed by atoms with Crippen LogP contribution in [0.4, 0.5) is 4.39 Å². The zero-order valence-corrected chi connectivity index (χ0v) is 11.1. The van der Waals surface area contributed by atoms with E-state index >= 15 is 0 Å². The van der Waals surface area contributed by atoms with E-state index in [0.29, 0.717) is 12.3 Å². The molecule has 0 saturated carbocycles. The predicted molar refractivity (Wildman–Crippen MR) is 70.4 cm³/mol. The third-order valence-electron chi connectivity index (χ3n) is 2.77. The Kier molecular flexibility index (Phi) is 5.28. The molecule has 0 saturated heterocycles. The second-order valence-corrected chi connectivity index (χ2v) is 5.02. The fraction of sp³-hybridized carbons (Fsp3) is 0.500. The van der Waals surface area contributed by atoms with Gasteiger partial charge in [0.1, 0.15) is 5.82 Å². The maximum absolute atomic E-state index is 13.1. The van der Waals surface area contributed by atoms with Gasteiger partial charge in [-0.2, -0.15) is 0 Å². The summed E-state index contributed by atoms with van der Waals surface area (Å²) in [6.45, 7) is 5.85. The molecule has 0 aromatic heterocycles. The van der Waals surface area contributed by atoms with Gasteiger partial charge in [0.05, 0.1) is 12.1 Å². The molecule has 0 spiro atoms. The molecule has 2 atom stereocenters. The van der Waals surface area contributed by atoms with E-state index < -0.39 is 6.04 Å². The van der Waals surface area contributed by atoms with E-state index in [2.05, 4.69) is 5.32 Å². The summed E-state index contributed by atoms with van der Waals surface area (Å²) in [7, 11) is 0. The minimum Gasteiger partial charge on any atom is -0.348 e. The molecule has 1 amide bonds. The van der Waals surface area contributed by atoms with Gasteiger partial charge in [-0.05, 0) is 37.0 Å². The molecule has 3 N–H and O–H groups in total. The number of rotatable bonds is 5. The van der Waals surface area contributed by atoms with Gasteiger partial charge in [-0.3, -0.25) is 4.79 Å². The number of nitrogens with two attached hydrogens (primary N) is 1. The van der Waals surface area contributed by atoms with Crippen LogP contribution in [0.25, 0.3) is 0 Å². The Labute approximate surface area is 108 Å². The smallest absolute Gasteiger partial charge is 0.237 e. The highest BCUT2D eigenvalue weighted by atomic mass is 19.1. The van der Waals surface area contributed by atoms with Crippen molar-refractivity contribution in [1.82, 2.24) is 5.32 Å². The first-order valence-electron chi connectivity index (χ1n) is 6.21. The van der Waals surface area contributed by atoms with Crippen LogP contribution < -0.4 is 11.1 Å². The Morgan fingerprint density at radius 3 is 2.61 bits per heavy atom. The first-order valence-corrected chi connectivity index (χ1v) is 6.21. The quantitative estimate of drug-likeness (QED) is 0.845. The lowest BCUT2D eigenvalue weighted by Gasteiger charge is -2.19. The van der Waals surface area contributed by atoms with E-state index in [1.54, 1.807) is 12.1 Å². The molecule has 4 heteroatoms. The zero-order valence-electron chi connectivity index (χ0n) is 11.1. The second kappa shape index (κ2) is 6.50. The fourth-order valence-corrected chi connectivity index (χ4v) is 1.79. The summed E-state index contributed by atoms with van der Waals surface area (Å²) in [5.74, 6) is -0.129. The van der Waals surface area contributed by atoms with Crippen molar-refractivity contribution in [3.63, 3.8) is 0 Å². The molecule has 0 aliphatic rings. The summed E-state index contributed by atoms with van der Waals surface area (Å²) in [6.07, 6.45) is 0.641. The molecular weight excluding hydrogens is 231 g/mol. The molecule has 1 aromatic rings. The van der Waals surface area contributed by atoms with Crippen molar-refractivity contribution < 1.29 is 9.18 Å². The van der Waals surface area contributed by atoms with Crippen molar-refractivity contribution >= 4 is 5.91 Å². The summed E-state index contributed by atoms with van der Waals surface area (Å²) in [4.78, 5) is 11.8. The SMILES string of the molecule is CC(C)C[C@H](N)C(=O)N[C@H](C)c1cccc(F)c1. The Hall–Kier alpha value is -1.42. The van der Waals surface area contributed by atoms with Gasteiger partial charge in [-0.1, -0.05) is 26.0 Å². The highest BCUT2D eigenvalue weighted by Gasteiger charge is 2.17. The van der Waals surface area contributed by atoms with Crippen molar-refractivity contribution in [2.45, 2.75) is 39.3 Å². The molecule has 3 nitrogen and oxygen atoms in total. The average Bonchev–Trinajstić information content (AvgIpc) is 2.27. The Morgan fingerprint density at radius 1 is 1.39 bits per heavy atom. The van der Waals surface area contributed by atoms with Crippen molar-refractivity contribution in [1.29, 1.82) is 0 Å². The standard InChI is InChI=1S/C14H21FN2O/c1-9(2)7-13(16)14(18)17-10(3)11-5-4-6-12(15)8-11/h4-6,8-10,13H,7,16H2,1-3H3,(H,17,18)/t10-,13+/m1/s1. The Balaban J connectivity index is 2.59. The normalized spacial score (nSPS) is 14.3. The van der Waals surface area contributed by atoms with Gasteiger partial charge in [-0.15, -0.1) is 0 Å². The van der Waals surface area contributed by atoms with E-state index in [-0.39, 0.29) is 17.8 Å². The van der Waals surface area contributed by atoms with E-state index in [4.69, 9.17) is 5.73 Å². The van der Waals surface area contributed by atoms with E-state index in [0.717, 1.165) is 5.56 Å². The molecule has 0 bridgehead atoms. The first kappa shape index (κ1) is 14.6. The lowest BCUT2D eigenvalue weighted by molar-refractivity contribution is -0.123. The molecule has 0 aliphatic heterocycles. The second-order valence-electron chi connectivity index (χ2n) is 5.02. The van der Waals surface area contributed by atoms with E-state index in [1.165, 1.54) is 12.1 Å². The van der Waals surface area contributed by atoms with Gasteiger partial charge >= 0.3 is 0 Å². The van der Waals surface area contributed by atoms with Crippen molar-refractivity contribution in [2.24, 2.45) is 11.7 Å². The number of amides is 1. The topological polar surface area (TPSA) is 55.1 Å². The lowest BCUT2D eigenvalue weighted by atomic mass is 10.0. The van der Waals surface area contributed by atoms with Crippen LogP contribution in [0.15, 0.2) is 24.3 Å². The molecule has 18 heavy (non-hydrogen) atoms. The fourth-order valence-electron chi connectivity index (χ4n) is 1.79. The molecule has 100 valence electrons. The molecular formula is C14H21FN2O. The van der Waals surface area contributed by atoms with Crippen LogP contribution in [0.3, 0.4) is 0 Å². The number of benzene rings is 1. The number of hydrogen-bond acceptors (Lipinski definition) is 2. The van der Waals surface area contributed by atoms with Gasteiger partial charge in [0, 0.05) is 0 Å². The van der Waals surface area contributed by atoms with Crippen molar-refractivity contribution in [3.8, 4) is 0 Å². The van der Waals surface area contributed by atoms with Crippen LogP contribution >= 0.6 is 0 Å². The summed E-state index contributed by atoms with van der Waals surface area (Å²) in [6, 6.07) is 5.44. The summed E-state index contributed by atoms with van der Waals surface area (Å²) in [5, 5.41) is 2.80. The largest absolute Gasteiger partial charge is 0.348 e. The molecule has 1 aromatic carbocycles. The van der Waals surface area contributed by atoms with Crippen LogP contribution in [0.1, 0.15) is 38.8 Å². The van der Waals surface area contributed by atoms with Gasteiger partial charge in [-0.25, -0.2) is 4.39 Å². The van der Waals surface area contributed by atoms with Crippen LogP contribution in [0.5, 0.6) is 0 Å². The number of carbonyl (C=O) groups is 1. The van der Waals surface area contributed by atoms with Gasteiger partial charge in [0.25, 0.3) is 0 Å². The number of carbonyl (C=O) groups excluding carboxylic acids is 1. The van der Waals surface area contributed by atoms with Gasteiger partial charge in [0.15, 0.2) is 0 Å². The van der Waals surface area contributed by atoms with E-state index in [1.807, 2.05) is 20.8 Å². The maximum Gasteiger partial charge on any atom is 0.237 e. The molecule has 0 aliphatic carbocycles. The average molecular weight is 252 g/mol. The molecule has 0 fully saturated rings. The highest BCUT2D eigenvalue weighted by Crippen LogP contribution is 2.14. The van der Waals surface area contributed by atoms with Crippen molar-refractivity contribution in [2.75, 3.05) is 0 Å². The third-order valence-corrected chi connectivity index (χ3v) is 2.77. The molecule has 1 rings (SSSR count). The van der Waals surface area contributed by atoms with E-state index in [9.17, 15) is 9.18 Å². The third kappa shape index (κ3) is 4.45. The monoisotopic (exact) mass is 252 g/mol. The first-order chi connectivity index (χ1) is 8.40.